The van der Waals surface area contributed by atoms with Gasteiger partial charge in [0.25, 0.3) is 5.91 Å². The number of para-hydroxylation sites is 1. The van der Waals surface area contributed by atoms with Crippen LogP contribution in [0.5, 0.6) is 0 Å². The van der Waals surface area contributed by atoms with Gasteiger partial charge in [0.1, 0.15) is 0 Å². The van der Waals surface area contributed by atoms with Crippen molar-refractivity contribution in [3.05, 3.63) is 65.7 Å². The summed E-state index contributed by atoms with van der Waals surface area (Å²) in [5, 5.41) is 5.15. The molecule has 0 aliphatic carbocycles. The number of benzene rings is 2. The Morgan fingerprint density at radius 2 is 1.43 bits per heavy atom. The number of carbonyl (C=O) groups excluding carboxylic acids is 3. The highest BCUT2D eigenvalue weighted by atomic mass is 32.1. The van der Waals surface area contributed by atoms with Crippen molar-refractivity contribution in [2.75, 3.05) is 5.32 Å². The SMILES string of the molecule is CC(C)(C)c1ccc(C(=O)NC(=S)NNC(=O)CCC(=O)Nc2ccccc2)cc1. The molecule has 2 aromatic rings. The van der Waals surface area contributed by atoms with Crippen LogP contribution in [-0.2, 0) is 15.0 Å². The Balaban J connectivity index is 1.71. The molecule has 0 bridgehead atoms. The monoisotopic (exact) mass is 426 g/mol. The molecule has 2 aromatic carbocycles. The number of nitrogens with one attached hydrogen (secondary N) is 4. The molecule has 4 N–H and O–H groups in total. The Hall–Kier alpha value is -3.26. The number of hydrogen-bond donors (Lipinski definition) is 4. The molecule has 0 radical (unpaired) electrons. The van der Waals surface area contributed by atoms with E-state index in [1.807, 2.05) is 18.2 Å². The van der Waals surface area contributed by atoms with Crippen LogP contribution in [0, 0.1) is 0 Å². The summed E-state index contributed by atoms with van der Waals surface area (Å²) in [5.41, 5.74) is 7.05. The van der Waals surface area contributed by atoms with E-state index in [2.05, 4.69) is 42.3 Å². The van der Waals surface area contributed by atoms with Gasteiger partial charge in [0, 0.05) is 24.1 Å². The van der Waals surface area contributed by atoms with Crippen LogP contribution in [0.15, 0.2) is 54.6 Å². The van der Waals surface area contributed by atoms with Gasteiger partial charge in [0.05, 0.1) is 0 Å². The third-order valence-corrected chi connectivity index (χ3v) is 4.40. The molecule has 8 heteroatoms. The molecule has 0 aliphatic rings. The van der Waals surface area contributed by atoms with E-state index in [1.165, 1.54) is 0 Å². The zero-order valence-corrected chi connectivity index (χ0v) is 18.1. The topological polar surface area (TPSA) is 99.3 Å². The summed E-state index contributed by atoms with van der Waals surface area (Å²) < 4.78 is 0. The summed E-state index contributed by atoms with van der Waals surface area (Å²) in [5.74, 6) is -1.08. The van der Waals surface area contributed by atoms with Gasteiger partial charge in [-0.25, -0.2) is 0 Å². The van der Waals surface area contributed by atoms with E-state index in [4.69, 9.17) is 12.2 Å². The van der Waals surface area contributed by atoms with Crippen molar-refractivity contribution in [1.82, 2.24) is 16.2 Å². The lowest BCUT2D eigenvalue weighted by molar-refractivity contribution is -0.124. The van der Waals surface area contributed by atoms with Crippen molar-refractivity contribution in [1.29, 1.82) is 0 Å². The molecule has 0 unspecified atom stereocenters. The minimum atomic E-state index is -0.427. The molecule has 0 atom stereocenters. The second kappa shape index (κ2) is 10.5. The average molecular weight is 427 g/mol. The first-order chi connectivity index (χ1) is 14.1. The first-order valence-electron chi connectivity index (χ1n) is 9.51. The molecule has 0 saturated carbocycles. The zero-order chi connectivity index (χ0) is 22.1. The molecule has 30 heavy (non-hydrogen) atoms. The van der Waals surface area contributed by atoms with Crippen molar-refractivity contribution in [3.63, 3.8) is 0 Å². The summed E-state index contributed by atoms with van der Waals surface area (Å²) in [4.78, 5) is 36.0. The predicted octanol–water partition coefficient (Wildman–Crippen LogP) is 3.04. The van der Waals surface area contributed by atoms with E-state index in [0.29, 0.717) is 11.3 Å². The third-order valence-electron chi connectivity index (χ3n) is 4.19. The molecule has 0 saturated heterocycles. The number of anilines is 1. The molecule has 0 fully saturated rings. The molecule has 3 amide bonds. The second-order valence-corrected chi connectivity index (χ2v) is 8.11. The highest BCUT2D eigenvalue weighted by Crippen LogP contribution is 2.22. The lowest BCUT2D eigenvalue weighted by Crippen LogP contribution is -2.48. The van der Waals surface area contributed by atoms with E-state index in [9.17, 15) is 14.4 Å². The number of hydrogen-bond acceptors (Lipinski definition) is 4. The van der Waals surface area contributed by atoms with E-state index in [1.54, 1.807) is 36.4 Å². The van der Waals surface area contributed by atoms with E-state index < -0.39 is 5.91 Å². The van der Waals surface area contributed by atoms with Crippen molar-refractivity contribution in [3.8, 4) is 0 Å². The van der Waals surface area contributed by atoms with Gasteiger partial charge in [0.2, 0.25) is 11.8 Å². The number of rotatable bonds is 5. The smallest absolute Gasteiger partial charge is 0.257 e. The average Bonchev–Trinajstić information content (AvgIpc) is 2.71. The molecule has 0 heterocycles. The molecule has 0 aliphatic heterocycles. The third kappa shape index (κ3) is 7.63. The van der Waals surface area contributed by atoms with Crippen LogP contribution in [0.25, 0.3) is 0 Å². The second-order valence-electron chi connectivity index (χ2n) is 7.70. The first kappa shape index (κ1) is 23.0. The number of carbonyl (C=O) groups is 3. The van der Waals surface area contributed by atoms with E-state index in [-0.39, 0.29) is 35.2 Å². The standard InChI is InChI=1S/C22H26N4O3S/c1-22(2,3)16-11-9-15(10-12-16)20(29)24-21(30)26-25-19(28)14-13-18(27)23-17-7-5-4-6-8-17/h4-12H,13-14H2,1-3H3,(H,23,27)(H,25,28)(H2,24,26,29,30). The van der Waals surface area contributed by atoms with Crippen LogP contribution in [0.1, 0.15) is 49.5 Å². The van der Waals surface area contributed by atoms with Crippen LogP contribution in [0.2, 0.25) is 0 Å². The van der Waals surface area contributed by atoms with Crippen LogP contribution in [-0.4, -0.2) is 22.8 Å². The van der Waals surface area contributed by atoms with Gasteiger partial charge in [0.15, 0.2) is 5.11 Å². The van der Waals surface area contributed by atoms with Gasteiger partial charge >= 0.3 is 0 Å². The minimum absolute atomic E-state index is 0.00581. The highest BCUT2D eigenvalue weighted by Gasteiger charge is 2.15. The maximum absolute atomic E-state index is 12.2. The van der Waals surface area contributed by atoms with Gasteiger partial charge in [-0.1, -0.05) is 51.1 Å². The van der Waals surface area contributed by atoms with Crippen molar-refractivity contribution >= 4 is 40.7 Å². The minimum Gasteiger partial charge on any atom is -0.326 e. The number of thiocarbonyl (C=S) groups is 1. The summed E-state index contributed by atoms with van der Waals surface area (Å²) >= 11 is 5.02. The Labute approximate surface area is 181 Å². The largest absolute Gasteiger partial charge is 0.326 e. The molecular weight excluding hydrogens is 400 g/mol. The van der Waals surface area contributed by atoms with Crippen molar-refractivity contribution in [2.24, 2.45) is 0 Å². The first-order valence-corrected chi connectivity index (χ1v) is 9.91. The van der Waals surface area contributed by atoms with Crippen LogP contribution >= 0.6 is 12.2 Å². The molecule has 0 spiro atoms. The predicted molar refractivity (Wildman–Crippen MR) is 121 cm³/mol. The maximum atomic E-state index is 12.2. The quantitative estimate of drug-likeness (QED) is 0.435. The van der Waals surface area contributed by atoms with Crippen LogP contribution in [0.3, 0.4) is 0 Å². The maximum Gasteiger partial charge on any atom is 0.257 e. The van der Waals surface area contributed by atoms with Crippen LogP contribution < -0.4 is 21.5 Å². The van der Waals surface area contributed by atoms with Gasteiger partial charge in [-0.2, -0.15) is 0 Å². The van der Waals surface area contributed by atoms with Crippen molar-refractivity contribution in [2.45, 2.75) is 39.0 Å². The Bertz CT molecular complexity index is 906. The fraction of sp³-hybridized carbons (Fsp3) is 0.273. The summed E-state index contributed by atoms with van der Waals surface area (Å²) in [6, 6.07) is 16.2. The highest BCUT2D eigenvalue weighted by molar-refractivity contribution is 7.80. The van der Waals surface area contributed by atoms with Gasteiger partial charge < -0.3 is 5.32 Å². The number of hydrazine groups is 1. The van der Waals surface area contributed by atoms with Crippen LogP contribution in [0.4, 0.5) is 5.69 Å². The fourth-order valence-corrected chi connectivity index (χ4v) is 2.63. The van der Waals surface area contributed by atoms with Gasteiger partial charge in [-0.15, -0.1) is 0 Å². The molecular formula is C22H26N4O3S. The van der Waals surface area contributed by atoms with Gasteiger partial charge in [-0.05, 0) is 47.5 Å². The Morgan fingerprint density at radius 3 is 2.03 bits per heavy atom. The van der Waals surface area contributed by atoms with Gasteiger partial charge in [-0.3, -0.25) is 30.6 Å². The lowest BCUT2D eigenvalue weighted by Gasteiger charge is -2.19. The summed E-state index contributed by atoms with van der Waals surface area (Å²) in [6.07, 6.45) is -0.0157. The summed E-state index contributed by atoms with van der Waals surface area (Å²) in [7, 11) is 0. The summed E-state index contributed by atoms with van der Waals surface area (Å²) in [6.45, 7) is 6.28. The van der Waals surface area contributed by atoms with E-state index in [0.717, 1.165) is 5.56 Å². The van der Waals surface area contributed by atoms with Crippen molar-refractivity contribution < 1.29 is 14.4 Å². The molecule has 2 rings (SSSR count). The van der Waals surface area contributed by atoms with E-state index >= 15 is 0 Å². The Morgan fingerprint density at radius 1 is 0.833 bits per heavy atom. The zero-order valence-electron chi connectivity index (χ0n) is 17.2. The molecule has 7 nitrogen and oxygen atoms in total. The normalized spacial score (nSPS) is 10.6. The fourth-order valence-electron chi connectivity index (χ4n) is 2.49. The molecule has 158 valence electrons. The molecule has 0 aromatic heterocycles. The Kier molecular flexibility index (Phi) is 8.06. The lowest BCUT2D eigenvalue weighted by atomic mass is 9.87. The number of amides is 3.